The van der Waals surface area contributed by atoms with Gasteiger partial charge >= 0.3 is 0 Å². The maximum atomic E-state index is 13.7. The van der Waals surface area contributed by atoms with E-state index in [1.54, 1.807) is 0 Å². The van der Waals surface area contributed by atoms with Crippen molar-refractivity contribution in [2.24, 2.45) is 11.0 Å². The molecule has 0 heterocycles. The molecule has 0 N–H and O–H groups in total. The number of nitrogens with zero attached hydrogens (tertiary/aromatic N) is 3. The lowest BCUT2D eigenvalue weighted by Crippen LogP contribution is -2.05. The van der Waals surface area contributed by atoms with Crippen LogP contribution in [0.2, 0.25) is 0 Å². The first-order chi connectivity index (χ1) is 10.4. The summed E-state index contributed by atoms with van der Waals surface area (Å²) in [4.78, 5) is 25.4. The summed E-state index contributed by atoms with van der Waals surface area (Å²) in [6.45, 7) is 3.92. The molecule has 8 heteroatoms. The average Bonchev–Trinajstić information content (AvgIpc) is 2.47. The van der Waals surface area contributed by atoms with Crippen LogP contribution in [-0.4, -0.2) is 11.0 Å². The number of thioether (sulfide) groups is 1. The largest absolute Gasteiger partial charge is 0.287 e. The molecule has 0 aromatic heterocycles. The predicted octanol–water partition coefficient (Wildman–Crippen LogP) is 4.86. The van der Waals surface area contributed by atoms with Gasteiger partial charge in [-0.1, -0.05) is 26.7 Å². The Balaban J connectivity index is 3.00. The van der Waals surface area contributed by atoms with Crippen LogP contribution in [0.15, 0.2) is 22.1 Å². The van der Waals surface area contributed by atoms with Crippen LogP contribution in [0, 0.1) is 17.6 Å². The van der Waals surface area contributed by atoms with Crippen molar-refractivity contribution in [2.45, 2.75) is 38.0 Å². The molecule has 0 bridgehead atoms. The number of halogens is 2. The van der Waals surface area contributed by atoms with E-state index in [0.29, 0.717) is 17.8 Å². The van der Waals surface area contributed by atoms with E-state index in [2.05, 4.69) is 10.0 Å². The molecule has 0 aliphatic rings. The third-order valence-electron chi connectivity index (χ3n) is 3.22. The van der Waals surface area contributed by atoms with E-state index < -0.39 is 23.1 Å². The van der Waals surface area contributed by atoms with Crippen LogP contribution < -0.4 is 0 Å². The van der Waals surface area contributed by atoms with Crippen molar-refractivity contribution in [2.75, 3.05) is 0 Å². The second kappa shape index (κ2) is 8.51. The van der Waals surface area contributed by atoms with Crippen LogP contribution in [0.25, 0.3) is 10.4 Å². The highest BCUT2D eigenvalue weighted by Gasteiger charge is 2.19. The van der Waals surface area contributed by atoms with Crippen molar-refractivity contribution in [1.82, 2.24) is 0 Å². The summed E-state index contributed by atoms with van der Waals surface area (Å²) in [5.74, 6) is -3.02. The van der Waals surface area contributed by atoms with Crippen molar-refractivity contribution in [1.29, 1.82) is 0 Å². The number of carbonyl (C=O) groups is 2. The van der Waals surface area contributed by atoms with Crippen molar-refractivity contribution in [3.8, 4) is 0 Å². The molecular weight excluding hydrogens is 312 g/mol. The topological polar surface area (TPSA) is 82.9 Å². The second-order valence-corrected chi connectivity index (χ2v) is 5.72. The third kappa shape index (κ3) is 4.82. The maximum absolute atomic E-state index is 13.7. The zero-order valence-corrected chi connectivity index (χ0v) is 13.0. The first kappa shape index (κ1) is 18.1. The minimum absolute atomic E-state index is 0.158. The monoisotopic (exact) mass is 327 g/mol. The van der Waals surface area contributed by atoms with Gasteiger partial charge in [0.2, 0.25) is 0 Å². The van der Waals surface area contributed by atoms with Gasteiger partial charge in [0.05, 0.1) is 10.5 Å². The Bertz CT molecular complexity index is 627. The number of hydrogen-bond acceptors (Lipinski definition) is 3. The van der Waals surface area contributed by atoms with Crippen LogP contribution in [0.1, 0.15) is 43.5 Å². The summed E-state index contributed by atoms with van der Waals surface area (Å²) in [6, 6.07) is 1.41. The minimum Gasteiger partial charge on any atom is -0.287 e. The summed E-state index contributed by atoms with van der Waals surface area (Å²) >= 11 is 0.620. The summed E-state index contributed by atoms with van der Waals surface area (Å²) in [5.41, 5.74) is 7.63. The van der Waals surface area contributed by atoms with Gasteiger partial charge in [0.25, 0.3) is 5.91 Å². The lowest BCUT2D eigenvalue weighted by molar-refractivity contribution is -0.111. The molecule has 1 aromatic carbocycles. The Morgan fingerprint density at radius 3 is 2.45 bits per heavy atom. The zero-order valence-electron chi connectivity index (χ0n) is 12.2. The maximum Gasteiger partial charge on any atom is 0.252 e. The van der Waals surface area contributed by atoms with E-state index in [0.717, 1.165) is 18.9 Å². The molecule has 0 radical (unpaired) electrons. The fourth-order valence-electron chi connectivity index (χ4n) is 1.84. The Labute approximate surface area is 130 Å². The highest BCUT2D eigenvalue weighted by molar-refractivity contribution is 8.13. The molecule has 0 saturated heterocycles. The van der Waals surface area contributed by atoms with E-state index in [9.17, 15) is 18.4 Å². The number of rotatable bonds is 6. The van der Waals surface area contributed by atoms with Crippen LogP contribution in [0.4, 0.5) is 8.78 Å². The molecule has 0 aliphatic carbocycles. The molecule has 22 heavy (non-hydrogen) atoms. The molecule has 118 valence electrons. The predicted molar refractivity (Wildman–Crippen MR) is 79.4 cm³/mol. The van der Waals surface area contributed by atoms with E-state index >= 15 is 0 Å². The summed E-state index contributed by atoms with van der Waals surface area (Å²) in [5, 5.41) is 2.50. The lowest BCUT2D eigenvalue weighted by Gasteiger charge is -2.11. The molecule has 1 amide bonds. The number of amides is 1. The Morgan fingerprint density at radius 2 is 1.91 bits per heavy atom. The smallest absolute Gasteiger partial charge is 0.252 e. The minimum atomic E-state index is -1.16. The van der Waals surface area contributed by atoms with E-state index in [1.807, 2.05) is 13.8 Å². The molecule has 1 aromatic rings. The summed E-state index contributed by atoms with van der Waals surface area (Å²) in [7, 11) is 0. The lowest BCUT2D eigenvalue weighted by atomic mass is 10.0. The van der Waals surface area contributed by atoms with Crippen LogP contribution in [0.3, 0.4) is 0 Å². The Hall–Kier alpha value is -1.92. The molecule has 1 rings (SSSR count). The standard InChI is InChI=1S/C14H15F2N3O2S/c1-3-8(4-2)5-13(20)22-12-6-9(14(21)18-19-17)10(15)7-11(12)16/h6-8H,3-5H2,1-2H3. The Morgan fingerprint density at radius 1 is 1.27 bits per heavy atom. The fraction of sp³-hybridized carbons (Fsp3) is 0.429. The quantitative estimate of drug-likeness (QED) is 0.324. The molecule has 0 aliphatic heterocycles. The highest BCUT2D eigenvalue weighted by Crippen LogP contribution is 2.29. The van der Waals surface area contributed by atoms with Crippen molar-refractivity contribution >= 4 is 22.8 Å². The van der Waals surface area contributed by atoms with Gasteiger partial charge in [-0.3, -0.25) is 9.59 Å². The van der Waals surface area contributed by atoms with Gasteiger partial charge in [0, 0.05) is 17.4 Å². The van der Waals surface area contributed by atoms with E-state index in [1.165, 1.54) is 0 Å². The van der Waals surface area contributed by atoms with E-state index in [4.69, 9.17) is 5.53 Å². The van der Waals surface area contributed by atoms with Gasteiger partial charge in [-0.15, -0.1) is 0 Å². The van der Waals surface area contributed by atoms with Gasteiger partial charge in [0.15, 0.2) is 5.12 Å². The third-order valence-corrected chi connectivity index (χ3v) is 4.15. The van der Waals surface area contributed by atoms with Gasteiger partial charge in [-0.2, -0.15) is 0 Å². The molecule has 0 spiro atoms. The highest BCUT2D eigenvalue weighted by atomic mass is 32.2. The first-order valence-electron chi connectivity index (χ1n) is 6.72. The summed E-state index contributed by atoms with van der Waals surface area (Å²) in [6.07, 6.45) is 1.93. The average molecular weight is 327 g/mol. The number of hydrogen-bond donors (Lipinski definition) is 0. The van der Waals surface area contributed by atoms with Crippen molar-refractivity contribution in [3.05, 3.63) is 39.8 Å². The molecule has 0 atom stereocenters. The molecule has 0 saturated carbocycles. The van der Waals surface area contributed by atoms with Gasteiger partial charge in [0.1, 0.15) is 11.6 Å². The van der Waals surface area contributed by atoms with Crippen LogP contribution in [0.5, 0.6) is 0 Å². The second-order valence-electron chi connectivity index (χ2n) is 4.62. The van der Waals surface area contributed by atoms with Gasteiger partial charge < -0.3 is 0 Å². The van der Waals surface area contributed by atoms with Gasteiger partial charge in [-0.05, 0) is 34.4 Å². The normalized spacial score (nSPS) is 10.4. The van der Waals surface area contributed by atoms with Crippen molar-refractivity contribution < 1.29 is 18.4 Å². The zero-order chi connectivity index (χ0) is 16.7. The Kier molecular flexibility index (Phi) is 7.01. The summed E-state index contributed by atoms with van der Waals surface area (Å²) < 4.78 is 27.2. The number of carbonyl (C=O) groups excluding carboxylic acids is 2. The molecular formula is C14H15F2N3O2S. The molecule has 0 fully saturated rings. The number of azide groups is 1. The first-order valence-corrected chi connectivity index (χ1v) is 7.53. The fourth-order valence-corrected chi connectivity index (χ4v) is 2.74. The number of benzene rings is 1. The van der Waals surface area contributed by atoms with E-state index in [-0.39, 0.29) is 22.3 Å². The molecule has 0 unspecified atom stereocenters. The van der Waals surface area contributed by atoms with Crippen LogP contribution >= 0.6 is 11.8 Å². The molecule has 5 nitrogen and oxygen atoms in total. The van der Waals surface area contributed by atoms with Gasteiger partial charge in [-0.25, -0.2) is 8.78 Å². The van der Waals surface area contributed by atoms with Crippen molar-refractivity contribution in [3.63, 3.8) is 0 Å². The van der Waals surface area contributed by atoms with Crippen LogP contribution in [-0.2, 0) is 4.79 Å². The SMILES string of the molecule is CCC(CC)CC(=O)Sc1cc(C(=O)N=[N+]=[N-])c(F)cc1F.